The summed E-state index contributed by atoms with van der Waals surface area (Å²) in [6, 6.07) is 32.5. The van der Waals surface area contributed by atoms with Gasteiger partial charge in [-0.15, -0.1) is 0 Å². The van der Waals surface area contributed by atoms with E-state index in [0.717, 1.165) is 25.7 Å². The maximum absolute atomic E-state index is 13.7. The van der Waals surface area contributed by atoms with Crippen LogP contribution in [0.3, 0.4) is 0 Å². The summed E-state index contributed by atoms with van der Waals surface area (Å²) in [6.07, 6.45) is 7.02. The SMILES string of the molecule is CCCCCC(C(=O)CCCCO[Si](c1ccccc1)(c1ccccc1)C(C)(C)C)[Si](C)(C)c1ccccc1. The molecule has 0 N–H and O–H groups in total. The summed E-state index contributed by atoms with van der Waals surface area (Å²) in [6.45, 7) is 14.7. The minimum Gasteiger partial charge on any atom is -0.407 e. The number of unbranched alkanes of at least 4 members (excludes halogenated alkanes) is 3. The van der Waals surface area contributed by atoms with Crippen LogP contribution < -0.4 is 15.6 Å². The Kier molecular flexibility index (Phi) is 11.5. The first-order valence-electron chi connectivity index (χ1n) is 15.0. The number of benzene rings is 3. The summed E-state index contributed by atoms with van der Waals surface area (Å²) in [5.41, 5.74) is 0.184. The maximum Gasteiger partial charge on any atom is 0.261 e. The first-order valence-corrected chi connectivity index (χ1v) is 20.0. The highest BCUT2D eigenvalue weighted by molar-refractivity contribution is 6.99. The average Bonchev–Trinajstić information content (AvgIpc) is 2.93. The van der Waals surface area contributed by atoms with E-state index < -0.39 is 16.4 Å². The Hall–Kier alpha value is -2.28. The summed E-state index contributed by atoms with van der Waals surface area (Å²) in [5.74, 6) is 0.470. The number of ketones is 1. The monoisotopic (exact) mass is 558 g/mol. The van der Waals surface area contributed by atoms with Crippen LogP contribution in [0.15, 0.2) is 91.0 Å². The van der Waals surface area contributed by atoms with Gasteiger partial charge >= 0.3 is 0 Å². The highest BCUT2D eigenvalue weighted by Gasteiger charge is 2.50. The van der Waals surface area contributed by atoms with Crippen molar-refractivity contribution in [3.05, 3.63) is 91.0 Å². The first-order chi connectivity index (χ1) is 18.6. The number of hydrogen-bond acceptors (Lipinski definition) is 2. The van der Waals surface area contributed by atoms with Gasteiger partial charge in [0.25, 0.3) is 8.32 Å². The van der Waals surface area contributed by atoms with E-state index in [0.29, 0.717) is 18.8 Å². The fraction of sp³-hybridized carbons (Fsp3) is 0.457. The van der Waals surface area contributed by atoms with E-state index in [9.17, 15) is 4.79 Å². The molecule has 3 aromatic carbocycles. The molecule has 3 aromatic rings. The van der Waals surface area contributed by atoms with Crippen LogP contribution in [0.4, 0.5) is 0 Å². The highest BCUT2D eigenvalue weighted by atomic mass is 28.4. The number of carbonyl (C=O) groups is 1. The zero-order chi connectivity index (χ0) is 28.4. The van der Waals surface area contributed by atoms with Crippen molar-refractivity contribution >= 4 is 37.7 Å². The predicted molar refractivity (Wildman–Crippen MR) is 174 cm³/mol. The first kappa shape index (κ1) is 31.3. The van der Waals surface area contributed by atoms with Crippen LogP contribution in [-0.2, 0) is 9.22 Å². The van der Waals surface area contributed by atoms with E-state index in [-0.39, 0.29) is 10.6 Å². The molecule has 4 heteroatoms. The topological polar surface area (TPSA) is 26.3 Å². The summed E-state index contributed by atoms with van der Waals surface area (Å²) in [5, 5.41) is 3.99. The molecule has 0 bridgehead atoms. The lowest BCUT2D eigenvalue weighted by molar-refractivity contribution is -0.119. The molecule has 0 spiro atoms. The minimum absolute atomic E-state index is 0.0266. The molecular formula is C35H50O2Si2. The van der Waals surface area contributed by atoms with Gasteiger partial charge in [-0.3, -0.25) is 4.79 Å². The van der Waals surface area contributed by atoms with Crippen LogP contribution in [0, 0.1) is 0 Å². The quantitative estimate of drug-likeness (QED) is 0.140. The van der Waals surface area contributed by atoms with E-state index in [1.807, 2.05) is 0 Å². The smallest absolute Gasteiger partial charge is 0.261 e. The molecule has 1 atom stereocenters. The number of hydrogen-bond donors (Lipinski definition) is 0. The van der Waals surface area contributed by atoms with Crippen molar-refractivity contribution in [2.24, 2.45) is 0 Å². The summed E-state index contributed by atoms with van der Waals surface area (Å²) >= 11 is 0. The lowest BCUT2D eigenvalue weighted by Gasteiger charge is -2.43. The Labute approximate surface area is 240 Å². The molecule has 0 amide bonds. The van der Waals surface area contributed by atoms with Gasteiger partial charge in [0, 0.05) is 18.6 Å². The minimum atomic E-state index is -2.52. The van der Waals surface area contributed by atoms with E-state index in [1.165, 1.54) is 28.4 Å². The highest BCUT2D eigenvalue weighted by Crippen LogP contribution is 2.37. The summed E-state index contributed by atoms with van der Waals surface area (Å²) in [7, 11) is -4.43. The average molecular weight is 559 g/mol. The van der Waals surface area contributed by atoms with Crippen molar-refractivity contribution in [2.75, 3.05) is 6.61 Å². The van der Waals surface area contributed by atoms with Crippen molar-refractivity contribution in [2.45, 2.75) is 96.3 Å². The van der Waals surface area contributed by atoms with Crippen LogP contribution in [-0.4, -0.2) is 28.8 Å². The van der Waals surface area contributed by atoms with E-state index in [2.05, 4.69) is 132 Å². The fourth-order valence-corrected chi connectivity index (χ4v) is 14.1. The van der Waals surface area contributed by atoms with E-state index >= 15 is 0 Å². The van der Waals surface area contributed by atoms with Gasteiger partial charge in [-0.05, 0) is 34.7 Å². The molecule has 2 nitrogen and oxygen atoms in total. The largest absolute Gasteiger partial charge is 0.407 e. The molecule has 1 unspecified atom stereocenters. The Morgan fingerprint density at radius 3 is 1.67 bits per heavy atom. The van der Waals surface area contributed by atoms with E-state index in [1.54, 1.807) is 0 Å². The fourth-order valence-electron chi connectivity index (χ4n) is 6.15. The third-order valence-corrected chi connectivity index (χ3v) is 17.6. The second kappa shape index (κ2) is 14.4. The third kappa shape index (κ3) is 7.68. The molecule has 0 aliphatic carbocycles. The van der Waals surface area contributed by atoms with Gasteiger partial charge in [0.05, 0.1) is 8.07 Å². The Morgan fingerprint density at radius 2 is 1.21 bits per heavy atom. The molecule has 0 aliphatic heterocycles. The van der Waals surface area contributed by atoms with Crippen molar-refractivity contribution in [3.8, 4) is 0 Å². The van der Waals surface area contributed by atoms with E-state index in [4.69, 9.17) is 4.43 Å². The maximum atomic E-state index is 13.7. The van der Waals surface area contributed by atoms with Crippen LogP contribution in [0.25, 0.3) is 0 Å². The summed E-state index contributed by atoms with van der Waals surface area (Å²) in [4.78, 5) is 13.7. The van der Waals surface area contributed by atoms with Gasteiger partial charge in [0.15, 0.2) is 0 Å². The molecule has 0 saturated carbocycles. The Bertz CT molecular complexity index is 1080. The molecule has 3 rings (SSSR count). The molecule has 0 aromatic heterocycles. The van der Waals surface area contributed by atoms with Gasteiger partial charge in [0.1, 0.15) is 5.78 Å². The molecular weight excluding hydrogens is 509 g/mol. The molecule has 0 radical (unpaired) electrons. The van der Waals surface area contributed by atoms with Gasteiger partial charge in [-0.25, -0.2) is 0 Å². The molecule has 0 fully saturated rings. The van der Waals surface area contributed by atoms with Crippen molar-refractivity contribution in [1.82, 2.24) is 0 Å². The van der Waals surface area contributed by atoms with Crippen LogP contribution in [0.1, 0.15) is 72.6 Å². The number of Topliss-reactive ketones (excluding diaryl/α,β-unsaturated/α-hetero) is 1. The second-order valence-electron chi connectivity index (χ2n) is 12.6. The van der Waals surface area contributed by atoms with Crippen LogP contribution >= 0.6 is 0 Å². The molecule has 0 aliphatic rings. The number of carbonyl (C=O) groups excluding carboxylic acids is 1. The van der Waals surface area contributed by atoms with Crippen LogP contribution in [0.2, 0.25) is 23.7 Å². The van der Waals surface area contributed by atoms with Crippen LogP contribution in [0.5, 0.6) is 0 Å². The lowest BCUT2D eigenvalue weighted by atomic mass is 10.1. The normalized spacial score (nSPS) is 13.3. The second-order valence-corrected chi connectivity index (χ2v) is 21.6. The molecule has 210 valence electrons. The molecule has 0 saturated heterocycles. The van der Waals surface area contributed by atoms with Gasteiger partial charge in [-0.1, -0.05) is 156 Å². The van der Waals surface area contributed by atoms with Crippen molar-refractivity contribution in [1.29, 1.82) is 0 Å². The molecule has 39 heavy (non-hydrogen) atoms. The Balaban J connectivity index is 1.72. The summed E-state index contributed by atoms with van der Waals surface area (Å²) < 4.78 is 7.06. The van der Waals surface area contributed by atoms with Crippen molar-refractivity contribution in [3.63, 3.8) is 0 Å². The number of rotatable bonds is 15. The Morgan fingerprint density at radius 1 is 0.718 bits per heavy atom. The van der Waals surface area contributed by atoms with Gasteiger partial charge < -0.3 is 4.43 Å². The van der Waals surface area contributed by atoms with Gasteiger partial charge in [0.2, 0.25) is 0 Å². The third-order valence-electron chi connectivity index (χ3n) is 8.43. The van der Waals surface area contributed by atoms with Crippen molar-refractivity contribution < 1.29 is 9.22 Å². The zero-order valence-electron chi connectivity index (χ0n) is 25.2. The molecule has 0 heterocycles. The van der Waals surface area contributed by atoms with Gasteiger partial charge in [-0.2, -0.15) is 0 Å². The predicted octanol–water partition coefficient (Wildman–Crippen LogP) is 7.87. The zero-order valence-corrected chi connectivity index (χ0v) is 27.2. The lowest BCUT2D eigenvalue weighted by Crippen LogP contribution is -2.66. The standard InChI is InChI=1S/C35H50O2Si2/c1-7-8-12-28-34(38(5,6)30-21-13-9-14-22-30)33(36)27-19-20-29-37-39(35(2,3)4,31-23-15-10-16-24-31)32-25-17-11-18-26-32/h9-11,13-18,21-26,34H,7-8,12,19-20,27-29H2,1-6H3.